The van der Waals surface area contributed by atoms with Gasteiger partial charge in [0.05, 0.1) is 17.7 Å². The molecule has 2 aromatic carbocycles. The molecule has 1 heterocycles. The lowest BCUT2D eigenvalue weighted by Crippen LogP contribution is -2.34. The van der Waals surface area contributed by atoms with Crippen LogP contribution in [0.2, 0.25) is 0 Å². The highest BCUT2D eigenvalue weighted by molar-refractivity contribution is 7.80. The fourth-order valence-electron chi connectivity index (χ4n) is 2.47. The first-order chi connectivity index (χ1) is 12.4. The minimum atomic E-state index is -1.17. The van der Waals surface area contributed by atoms with Gasteiger partial charge in [0.2, 0.25) is 0 Å². The second kappa shape index (κ2) is 7.12. The van der Waals surface area contributed by atoms with E-state index < -0.39 is 35.0 Å². The Bertz CT molecular complexity index is 862. The summed E-state index contributed by atoms with van der Waals surface area (Å²) in [6.07, 6.45) is 0. The van der Waals surface area contributed by atoms with Crippen molar-refractivity contribution in [3.05, 3.63) is 65.0 Å². The van der Waals surface area contributed by atoms with Gasteiger partial charge in [0.25, 0.3) is 17.0 Å². The van der Waals surface area contributed by atoms with E-state index in [0.717, 1.165) is 4.90 Å². The molecule has 0 saturated carbocycles. The number of carbonyl (C=O) groups excluding carboxylic acids is 2. The second-order valence-electron chi connectivity index (χ2n) is 5.31. The molecule has 0 unspecified atom stereocenters. The van der Waals surface area contributed by atoms with Crippen LogP contribution in [0.4, 0.5) is 18.9 Å². The Morgan fingerprint density at radius 2 is 1.58 bits per heavy atom. The third kappa shape index (κ3) is 3.38. The van der Waals surface area contributed by atoms with Crippen molar-refractivity contribution >= 4 is 34.9 Å². The highest BCUT2D eigenvalue weighted by atomic mass is 32.1. The molecule has 1 N–H and O–H groups in total. The molecule has 1 aliphatic heterocycles. The average Bonchev–Trinajstić information content (AvgIpc) is 2.83. The van der Waals surface area contributed by atoms with Crippen LogP contribution in [0, 0.1) is 17.5 Å². The van der Waals surface area contributed by atoms with E-state index in [1.807, 2.05) is 0 Å². The van der Waals surface area contributed by atoms with Crippen LogP contribution in [-0.2, 0) is 4.74 Å². The van der Waals surface area contributed by atoms with Crippen LogP contribution >= 0.6 is 12.2 Å². The molecule has 0 bridgehead atoms. The topological polar surface area (TPSA) is 58.6 Å². The van der Waals surface area contributed by atoms with Gasteiger partial charge in [-0.2, -0.15) is 0 Å². The lowest BCUT2D eigenvalue weighted by atomic mass is 10.1. The number of benzene rings is 2. The van der Waals surface area contributed by atoms with Crippen LogP contribution in [0.1, 0.15) is 20.7 Å². The largest absolute Gasteiger partial charge is 0.469 e. The van der Waals surface area contributed by atoms with Crippen molar-refractivity contribution in [1.82, 2.24) is 4.90 Å². The second-order valence-corrected chi connectivity index (χ2v) is 5.68. The number of nitrogens with one attached hydrogen (secondary N) is 1. The van der Waals surface area contributed by atoms with E-state index in [-0.39, 0.29) is 18.3 Å². The van der Waals surface area contributed by atoms with Gasteiger partial charge in [-0.25, -0.2) is 13.2 Å². The number of imide groups is 1. The highest BCUT2D eigenvalue weighted by Crippen LogP contribution is 2.22. The molecule has 5 nitrogen and oxygen atoms in total. The summed E-state index contributed by atoms with van der Waals surface area (Å²) >= 11 is 4.81. The van der Waals surface area contributed by atoms with Crippen molar-refractivity contribution in [2.75, 3.05) is 18.5 Å². The molecule has 0 fully saturated rings. The first-order valence-electron chi connectivity index (χ1n) is 7.42. The van der Waals surface area contributed by atoms with Gasteiger partial charge in [-0.1, -0.05) is 12.1 Å². The van der Waals surface area contributed by atoms with Gasteiger partial charge in [-0.3, -0.25) is 14.5 Å². The Morgan fingerprint density at radius 1 is 1.04 bits per heavy atom. The molecule has 2 amide bonds. The number of rotatable bonds is 4. The molecule has 0 aromatic heterocycles. The lowest BCUT2D eigenvalue weighted by molar-refractivity contribution is 0.0629. The smallest absolute Gasteiger partial charge is 0.261 e. The van der Waals surface area contributed by atoms with Gasteiger partial charge in [0.15, 0.2) is 11.6 Å². The van der Waals surface area contributed by atoms with Crippen molar-refractivity contribution < 1.29 is 27.5 Å². The Hall–Kier alpha value is -2.94. The Morgan fingerprint density at radius 3 is 2.12 bits per heavy atom. The van der Waals surface area contributed by atoms with Crippen LogP contribution in [0.3, 0.4) is 0 Å². The summed E-state index contributed by atoms with van der Waals surface area (Å²) < 4.78 is 45.0. The number of carbonyl (C=O) groups is 2. The number of halogens is 3. The first kappa shape index (κ1) is 17.9. The summed E-state index contributed by atoms with van der Waals surface area (Å²) in [6, 6.07) is 7.37. The zero-order valence-corrected chi connectivity index (χ0v) is 13.9. The van der Waals surface area contributed by atoms with E-state index in [2.05, 4.69) is 5.32 Å². The molecule has 3 rings (SSSR count). The van der Waals surface area contributed by atoms with E-state index in [9.17, 15) is 22.8 Å². The van der Waals surface area contributed by atoms with Crippen LogP contribution in [0.25, 0.3) is 0 Å². The minimum Gasteiger partial charge on any atom is -0.469 e. The van der Waals surface area contributed by atoms with Crippen molar-refractivity contribution in [2.24, 2.45) is 0 Å². The Kier molecular flexibility index (Phi) is 4.90. The van der Waals surface area contributed by atoms with E-state index in [1.54, 1.807) is 24.3 Å². The number of ether oxygens (including phenoxy) is 1. The molecule has 0 atom stereocenters. The van der Waals surface area contributed by atoms with E-state index in [0.29, 0.717) is 23.3 Å². The lowest BCUT2D eigenvalue weighted by Gasteiger charge is -2.15. The monoisotopic (exact) mass is 380 g/mol. The number of thiocarbonyl (C=S) groups is 1. The fourth-order valence-corrected chi connectivity index (χ4v) is 2.66. The molecule has 0 radical (unpaired) electrons. The Balaban J connectivity index is 1.57. The van der Waals surface area contributed by atoms with Gasteiger partial charge in [0.1, 0.15) is 18.1 Å². The maximum atomic E-state index is 13.5. The van der Waals surface area contributed by atoms with Crippen LogP contribution in [0.15, 0.2) is 36.4 Å². The molecular formula is C17H11F3N2O3S. The molecule has 9 heteroatoms. The number of anilines is 1. The third-order valence-electron chi connectivity index (χ3n) is 3.66. The molecule has 134 valence electrons. The predicted octanol–water partition coefficient (Wildman–Crippen LogP) is 3.11. The van der Waals surface area contributed by atoms with Crippen molar-refractivity contribution in [3.63, 3.8) is 0 Å². The first-order valence-corrected chi connectivity index (χ1v) is 7.83. The van der Waals surface area contributed by atoms with Crippen molar-refractivity contribution in [3.8, 4) is 0 Å². The molecule has 1 aliphatic rings. The molecular weight excluding hydrogens is 369 g/mol. The summed E-state index contributed by atoms with van der Waals surface area (Å²) in [5, 5.41) is 1.79. The van der Waals surface area contributed by atoms with E-state index in [1.165, 1.54) is 0 Å². The SMILES string of the molecule is O=C1c2ccccc2C(=O)N1CCOC(=S)Nc1c(F)cc(F)cc1F. The number of fused-ring (bicyclic) bond motifs is 1. The zero-order valence-electron chi connectivity index (χ0n) is 13.1. The number of amides is 2. The quantitative estimate of drug-likeness (QED) is 0.653. The summed E-state index contributed by atoms with van der Waals surface area (Å²) in [4.78, 5) is 25.3. The van der Waals surface area contributed by atoms with Crippen LogP contribution in [0.5, 0.6) is 0 Å². The van der Waals surface area contributed by atoms with Gasteiger partial charge in [-0.15, -0.1) is 0 Å². The summed E-state index contributed by atoms with van der Waals surface area (Å²) in [6.45, 7) is -0.274. The summed E-state index contributed by atoms with van der Waals surface area (Å²) in [7, 11) is 0. The van der Waals surface area contributed by atoms with E-state index >= 15 is 0 Å². The fraction of sp³-hybridized carbons (Fsp3) is 0.118. The number of hydrogen-bond acceptors (Lipinski definition) is 4. The maximum Gasteiger partial charge on any atom is 0.261 e. The molecule has 2 aromatic rings. The normalized spacial score (nSPS) is 13.0. The minimum absolute atomic E-state index is 0.0947. The van der Waals surface area contributed by atoms with Gasteiger partial charge < -0.3 is 10.1 Å². The molecule has 26 heavy (non-hydrogen) atoms. The predicted molar refractivity (Wildman–Crippen MR) is 90.3 cm³/mol. The maximum absolute atomic E-state index is 13.5. The highest BCUT2D eigenvalue weighted by Gasteiger charge is 2.34. The zero-order chi connectivity index (χ0) is 18.8. The summed E-state index contributed by atoms with van der Waals surface area (Å²) in [5.74, 6) is -4.32. The molecule has 0 saturated heterocycles. The Labute approximate surface area is 151 Å². The molecule has 0 aliphatic carbocycles. The third-order valence-corrected chi connectivity index (χ3v) is 3.88. The van der Waals surface area contributed by atoms with Crippen LogP contribution in [-0.4, -0.2) is 35.0 Å². The summed E-state index contributed by atoms with van der Waals surface area (Å²) in [5.41, 5.74) is -0.0561. The average molecular weight is 380 g/mol. The van der Waals surface area contributed by atoms with Gasteiger partial charge >= 0.3 is 0 Å². The van der Waals surface area contributed by atoms with Crippen molar-refractivity contribution in [2.45, 2.75) is 0 Å². The van der Waals surface area contributed by atoms with Gasteiger partial charge in [-0.05, 0) is 24.4 Å². The number of hydrogen-bond donors (Lipinski definition) is 1. The van der Waals surface area contributed by atoms with Crippen LogP contribution < -0.4 is 5.32 Å². The van der Waals surface area contributed by atoms with E-state index in [4.69, 9.17) is 17.0 Å². The van der Waals surface area contributed by atoms with Gasteiger partial charge in [0, 0.05) is 12.1 Å². The number of nitrogens with zero attached hydrogens (tertiary/aromatic N) is 1. The van der Waals surface area contributed by atoms with Crippen molar-refractivity contribution in [1.29, 1.82) is 0 Å². The standard InChI is InChI=1S/C17H11F3N2O3S/c18-9-7-12(19)14(13(20)8-9)21-17(26)25-6-5-22-15(23)10-3-1-2-4-11(10)16(22)24/h1-4,7-8H,5-6H2,(H,21,26). The molecule has 0 spiro atoms.